The van der Waals surface area contributed by atoms with Crippen LogP contribution in [0.15, 0.2) is 23.3 Å². The fraction of sp³-hybridized carbons (Fsp3) is 0.571. The van der Waals surface area contributed by atoms with Crippen LogP contribution in [0, 0.1) is 10.8 Å². The largest absolute Gasteiger partial charge is 0.465 e. The standard InChI is InChI=1S/C21H26O9/c1-5-27-16(23)20(17(24)28-6-2)10-9-14-13(12-20)11-15(22)21(14,18(25)29-7-3)19(26)30-8-4/h9,11H,5-8,10,12H2,1-4H3. The summed E-state index contributed by atoms with van der Waals surface area (Å²) in [6.07, 6.45) is 2.00. The third-order valence-electron chi connectivity index (χ3n) is 5.07. The van der Waals surface area contributed by atoms with E-state index in [-0.39, 0.29) is 50.4 Å². The first kappa shape index (κ1) is 23.3. The van der Waals surface area contributed by atoms with Crippen LogP contribution in [0.2, 0.25) is 0 Å². The number of allylic oxidation sites excluding steroid dienone is 3. The maximum absolute atomic E-state index is 12.9. The van der Waals surface area contributed by atoms with Gasteiger partial charge in [-0.05, 0) is 57.8 Å². The molecule has 164 valence electrons. The first-order chi connectivity index (χ1) is 14.3. The van der Waals surface area contributed by atoms with Crippen LogP contribution in [-0.2, 0) is 42.9 Å². The molecular weight excluding hydrogens is 396 g/mol. The molecule has 0 saturated carbocycles. The van der Waals surface area contributed by atoms with E-state index >= 15 is 0 Å². The number of hydrogen-bond donors (Lipinski definition) is 0. The molecule has 0 amide bonds. The lowest BCUT2D eigenvalue weighted by Crippen LogP contribution is -2.49. The molecule has 0 aliphatic heterocycles. The fourth-order valence-corrected chi connectivity index (χ4v) is 3.74. The van der Waals surface area contributed by atoms with Crippen LogP contribution in [-0.4, -0.2) is 56.1 Å². The Morgan fingerprint density at radius 2 is 1.23 bits per heavy atom. The Morgan fingerprint density at radius 1 is 0.800 bits per heavy atom. The molecule has 0 fully saturated rings. The van der Waals surface area contributed by atoms with Crippen LogP contribution >= 0.6 is 0 Å². The third kappa shape index (κ3) is 3.53. The van der Waals surface area contributed by atoms with Crippen molar-refractivity contribution in [3.8, 4) is 0 Å². The summed E-state index contributed by atoms with van der Waals surface area (Å²) in [5.41, 5.74) is -3.72. The van der Waals surface area contributed by atoms with Crippen LogP contribution in [0.25, 0.3) is 0 Å². The zero-order valence-electron chi connectivity index (χ0n) is 17.6. The van der Waals surface area contributed by atoms with Gasteiger partial charge in [0.2, 0.25) is 0 Å². The maximum Gasteiger partial charge on any atom is 0.336 e. The van der Waals surface area contributed by atoms with Crippen LogP contribution in [0.1, 0.15) is 40.5 Å². The molecule has 30 heavy (non-hydrogen) atoms. The SMILES string of the molecule is CCOC(=O)C1(C(=O)OCC)CC=C2C(=CC(=O)C2(C(=O)OCC)C(=O)OCC)C1. The highest BCUT2D eigenvalue weighted by molar-refractivity contribution is 6.29. The highest BCUT2D eigenvalue weighted by atomic mass is 16.6. The van der Waals surface area contributed by atoms with Crippen LogP contribution < -0.4 is 0 Å². The Kier molecular flexibility index (Phi) is 7.17. The smallest absolute Gasteiger partial charge is 0.336 e. The normalized spacial score (nSPS) is 18.5. The molecule has 2 aliphatic carbocycles. The second-order valence-electron chi connectivity index (χ2n) is 6.75. The average Bonchev–Trinajstić information content (AvgIpc) is 3.00. The molecule has 0 bridgehead atoms. The maximum atomic E-state index is 12.9. The van der Waals surface area contributed by atoms with E-state index in [1.807, 2.05) is 0 Å². The second kappa shape index (κ2) is 9.23. The second-order valence-corrected chi connectivity index (χ2v) is 6.75. The molecule has 0 aromatic rings. The number of carbonyl (C=O) groups excluding carboxylic acids is 5. The summed E-state index contributed by atoms with van der Waals surface area (Å²) < 4.78 is 20.2. The molecule has 0 atom stereocenters. The number of ether oxygens (including phenoxy) is 4. The molecule has 0 aromatic carbocycles. The van der Waals surface area contributed by atoms with Crippen molar-refractivity contribution in [3.05, 3.63) is 23.3 Å². The van der Waals surface area contributed by atoms with Gasteiger partial charge in [0.25, 0.3) is 5.41 Å². The Balaban J connectivity index is 2.61. The van der Waals surface area contributed by atoms with Crippen molar-refractivity contribution in [2.45, 2.75) is 40.5 Å². The van der Waals surface area contributed by atoms with Gasteiger partial charge in [-0.3, -0.25) is 14.4 Å². The monoisotopic (exact) mass is 422 g/mol. The molecule has 2 rings (SSSR count). The van der Waals surface area contributed by atoms with Gasteiger partial charge in [-0.15, -0.1) is 0 Å². The summed E-state index contributed by atoms with van der Waals surface area (Å²) in [7, 11) is 0. The Hall–Kier alpha value is -2.97. The topological polar surface area (TPSA) is 122 Å². The van der Waals surface area contributed by atoms with Gasteiger partial charge in [-0.2, -0.15) is 0 Å². The quantitative estimate of drug-likeness (QED) is 0.325. The highest BCUT2D eigenvalue weighted by Crippen LogP contribution is 2.51. The van der Waals surface area contributed by atoms with Crippen LogP contribution in [0.5, 0.6) is 0 Å². The van der Waals surface area contributed by atoms with Gasteiger partial charge in [0.1, 0.15) is 0 Å². The first-order valence-electron chi connectivity index (χ1n) is 9.91. The molecule has 0 aromatic heterocycles. The lowest BCUT2D eigenvalue weighted by molar-refractivity contribution is -0.172. The number of hydrogen-bond acceptors (Lipinski definition) is 9. The van der Waals surface area contributed by atoms with Gasteiger partial charge in [0, 0.05) is 0 Å². The number of carbonyl (C=O) groups is 5. The van der Waals surface area contributed by atoms with Crippen molar-refractivity contribution in [1.82, 2.24) is 0 Å². The summed E-state index contributed by atoms with van der Waals surface area (Å²) >= 11 is 0. The molecular formula is C21H26O9. The van der Waals surface area contributed by atoms with Gasteiger partial charge in [0.05, 0.1) is 26.4 Å². The van der Waals surface area contributed by atoms with Crippen molar-refractivity contribution in [3.63, 3.8) is 0 Å². The van der Waals surface area contributed by atoms with E-state index in [0.29, 0.717) is 0 Å². The molecule has 0 heterocycles. The average molecular weight is 422 g/mol. The Morgan fingerprint density at radius 3 is 1.67 bits per heavy atom. The molecule has 0 N–H and O–H groups in total. The zero-order valence-corrected chi connectivity index (χ0v) is 17.6. The predicted octanol–water partition coefficient (Wildman–Crippen LogP) is 1.44. The molecule has 0 spiro atoms. The molecule has 9 heteroatoms. The van der Waals surface area contributed by atoms with E-state index in [9.17, 15) is 24.0 Å². The van der Waals surface area contributed by atoms with Gasteiger partial charge in [0.15, 0.2) is 11.2 Å². The van der Waals surface area contributed by atoms with Gasteiger partial charge < -0.3 is 18.9 Å². The molecule has 0 unspecified atom stereocenters. The lowest BCUT2D eigenvalue weighted by atomic mass is 9.68. The van der Waals surface area contributed by atoms with E-state index in [4.69, 9.17) is 18.9 Å². The lowest BCUT2D eigenvalue weighted by Gasteiger charge is -2.34. The van der Waals surface area contributed by atoms with E-state index in [1.54, 1.807) is 27.7 Å². The number of ketones is 1. The van der Waals surface area contributed by atoms with Crippen molar-refractivity contribution < 1.29 is 42.9 Å². The van der Waals surface area contributed by atoms with E-state index in [0.717, 1.165) is 6.08 Å². The first-order valence-corrected chi connectivity index (χ1v) is 9.91. The van der Waals surface area contributed by atoms with E-state index in [2.05, 4.69) is 0 Å². The van der Waals surface area contributed by atoms with Gasteiger partial charge in [-0.25, -0.2) is 9.59 Å². The number of esters is 4. The van der Waals surface area contributed by atoms with Crippen LogP contribution in [0.3, 0.4) is 0 Å². The summed E-state index contributed by atoms with van der Waals surface area (Å²) in [5.74, 6) is -4.52. The predicted molar refractivity (Wildman–Crippen MR) is 102 cm³/mol. The van der Waals surface area contributed by atoms with Crippen molar-refractivity contribution in [2.75, 3.05) is 26.4 Å². The Labute approximate surface area is 174 Å². The fourth-order valence-electron chi connectivity index (χ4n) is 3.74. The van der Waals surface area contributed by atoms with Gasteiger partial charge >= 0.3 is 23.9 Å². The van der Waals surface area contributed by atoms with Crippen molar-refractivity contribution in [1.29, 1.82) is 0 Å². The third-order valence-corrected chi connectivity index (χ3v) is 5.07. The molecule has 0 saturated heterocycles. The van der Waals surface area contributed by atoms with Crippen LogP contribution in [0.4, 0.5) is 0 Å². The van der Waals surface area contributed by atoms with Gasteiger partial charge in [-0.1, -0.05) is 6.08 Å². The van der Waals surface area contributed by atoms with Crippen molar-refractivity contribution in [2.24, 2.45) is 10.8 Å². The minimum absolute atomic E-state index is 0.0458. The Bertz CT molecular complexity index is 782. The van der Waals surface area contributed by atoms with E-state index in [1.165, 1.54) is 6.08 Å². The molecule has 9 nitrogen and oxygen atoms in total. The molecule has 0 radical (unpaired) electrons. The number of rotatable bonds is 8. The van der Waals surface area contributed by atoms with E-state index < -0.39 is 40.5 Å². The molecule has 2 aliphatic rings. The highest BCUT2D eigenvalue weighted by Gasteiger charge is 2.64. The minimum atomic E-state index is -2.29. The summed E-state index contributed by atoms with van der Waals surface area (Å²) in [4.78, 5) is 63.9. The summed E-state index contributed by atoms with van der Waals surface area (Å²) in [6.45, 7) is 6.29. The zero-order chi connectivity index (χ0) is 22.5. The number of fused-ring (bicyclic) bond motifs is 1. The minimum Gasteiger partial charge on any atom is -0.465 e. The summed E-state index contributed by atoms with van der Waals surface area (Å²) in [5, 5.41) is 0. The summed E-state index contributed by atoms with van der Waals surface area (Å²) in [6, 6.07) is 0. The van der Waals surface area contributed by atoms with Crippen molar-refractivity contribution >= 4 is 29.7 Å².